The lowest BCUT2D eigenvalue weighted by molar-refractivity contribution is -0.287. The Bertz CT molecular complexity index is 460. The van der Waals surface area contributed by atoms with Crippen molar-refractivity contribution >= 4 is 5.78 Å². The zero-order valence-corrected chi connectivity index (χ0v) is 14.8. The van der Waals surface area contributed by atoms with Crippen molar-refractivity contribution in [2.24, 2.45) is 11.0 Å². The van der Waals surface area contributed by atoms with Crippen LogP contribution >= 0.6 is 0 Å². The van der Waals surface area contributed by atoms with Crippen molar-refractivity contribution < 1.29 is 39.1 Å². The highest BCUT2D eigenvalue weighted by Crippen LogP contribution is 2.29. The maximum atomic E-state index is 11.4. The molecule has 26 heavy (non-hydrogen) atoms. The number of carbonyl (C=O) groups excluding carboxylic acids is 1. The van der Waals surface area contributed by atoms with E-state index < -0.39 is 37.1 Å². The Labute approximate surface area is 151 Å². The fourth-order valence-electron chi connectivity index (χ4n) is 2.55. The largest absolute Gasteiger partial charge is 0.394 e. The highest BCUT2D eigenvalue weighted by Gasteiger charge is 2.45. The Kier molecular flexibility index (Phi) is 11.3. The standard InChI is InChI=1S/C15H27N3O8/c1-10(20)8-11-13(21)14(22)12(9-19)26-15(11)25-7-6-24-5-4-23-3-2-17-18-16/h11-15,19,21-22H,2-9H2,1H3. The zero-order valence-electron chi connectivity index (χ0n) is 14.8. The van der Waals surface area contributed by atoms with Gasteiger partial charge in [0.25, 0.3) is 0 Å². The van der Waals surface area contributed by atoms with Crippen molar-refractivity contribution in [3.63, 3.8) is 0 Å². The maximum Gasteiger partial charge on any atom is 0.164 e. The lowest BCUT2D eigenvalue weighted by Crippen LogP contribution is -2.56. The summed E-state index contributed by atoms with van der Waals surface area (Å²) in [6.07, 6.45) is -4.45. The molecule has 0 saturated carbocycles. The van der Waals surface area contributed by atoms with Crippen LogP contribution in [0.25, 0.3) is 10.4 Å². The summed E-state index contributed by atoms with van der Waals surface area (Å²) in [7, 11) is 0. The smallest absolute Gasteiger partial charge is 0.164 e. The number of carbonyl (C=O) groups is 1. The van der Waals surface area contributed by atoms with E-state index in [-0.39, 0.29) is 32.0 Å². The van der Waals surface area contributed by atoms with E-state index in [1.54, 1.807) is 0 Å². The van der Waals surface area contributed by atoms with Gasteiger partial charge in [0.1, 0.15) is 18.0 Å². The molecule has 1 fully saturated rings. The average molecular weight is 377 g/mol. The molecule has 0 radical (unpaired) electrons. The first-order valence-corrected chi connectivity index (χ1v) is 8.41. The van der Waals surface area contributed by atoms with Crippen molar-refractivity contribution in [3.8, 4) is 0 Å². The summed E-state index contributed by atoms with van der Waals surface area (Å²) in [6.45, 7) is 2.50. The number of ketones is 1. The minimum atomic E-state index is -1.29. The molecule has 3 N–H and O–H groups in total. The third kappa shape index (κ3) is 7.94. The molecule has 5 unspecified atom stereocenters. The average Bonchev–Trinajstić information content (AvgIpc) is 2.62. The summed E-state index contributed by atoms with van der Waals surface area (Å²) >= 11 is 0. The van der Waals surface area contributed by atoms with E-state index in [1.165, 1.54) is 6.92 Å². The topological polar surface area (TPSA) is 163 Å². The fraction of sp³-hybridized carbons (Fsp3) is 0.933. The fourth-order valence-corrected chi connectivity index (χ4v) is 2.55. The Hall–Kier alpha value is -1.30. The Balaban J connectivity index is 2.30. The summed E-state index contributed by atoms with van der Waals surface area (Å²) in [5.41, 5.74) is 8.10. The van der Waals surface area contributed by atoms with Crippen LogP contribution in [0.5, 0.6) is 0 Å². The lowest BCUT2D eigenvalue weighted by atomic mass is 9.87. The second kappa shape index (κ2) is 13.0. The van der Waals surface area contributed by atoms with E-state index in [9.17, 15) is 20.1 Å². The second-order valence-corrected chi connectivity index (χ2v) is 5.83. The number of aliphatic hydroxyl groups excluding tert-OH is 3. The highest BCUT2D eigenvalue weighted by molar-refractivity contribution is 5.75. The molecule has 1 heterocycles. The van der Waals surface area contributed by atoms with Crippen molar-refractivity contribution in [3.05, 3.63) is 10.4 Å². The molecule has 150 valence electrons. The molecule has 1 rings (SSSR count). The summed E-state index contributed by atoms with van der Waals surface area (Å²) < 4.78 is 21.5. The Morgan fingerprint density at radius 2 is 1.81 bits per heavy atom. The monoisotopic (exact) mass is 377 g/mol. The summed E-state index contributed by atoms with van der Waals surface area (Å²) in [5, 5.41) is 32.6. The minimum absolute atomic E-state index is 0.0130. The van der Waals surface area contributed by atoms with Crippen LogP contribution in [0.4, 0.5) is 0 Å². The maximum absolute atomic E-state index is 11.4. The van der Waals surface area contributed by atoms with E-state index in [1.807, 2.05) is 0 Å². The molecule has 0 spiro atoms. The third-order valence-corrected chi connectivity index (χ3v) is 3.81. The molecule has 1 aliphatic rings. The lowest BCUT2D eigenvalue weighted by Gasteiger charge is -2.41. The molecular formula is C15H27N3O8. The molecule has 0 aromatic rings. The van der Waals surface area contributed by atoms with Crippen molar-refractivity contribution in [2.75, 3.05) is 46.2 Å². The van der Waals surface area contributed by atoms with Gasteiger partial charge in [0.15, 0.2) is 6.29 Å². The Morgan fingerprint density at radius 3 is 2.42 bits per heavy atom. The van der Waals surface area contributed by atoms with E-state index >= 15 is 0 Å². The number of rotatable bonds is 13. The number of Topliss-reactive ketones (excluding diaryl/α,β-unsaturated/α-hetero) is 1. The van der Waals surface area contributed by atoms with Crippen molar-refractivity contribution in [1.82, 2.24) is 0 Å². The van der Waals surface area contributed by atoms with Gasteiger partial charge in [-0.1, -0.05) is 5.11 Å². The number of hydrogen-bond acceptors (Lipinski definition) is 9. The van der Waals surface area contributed by atoms with Crippen LogP contribution < -0.4 is 0 Å². The van der Waals surface area contributed by atoms with Gasteiger partial charge in [-0.2, -0.15) is 0 Å². The number of aliphatic hydroxyl groups is 3. The molecule has 0 amide bonds. The second-order valence-electron chi connectivity index (χ2n) is 5.83. The van der Waals surface area contributed by atoms with Gasteiger partial charge in [0, 0.05) is 23.8 Å². The van der Waals surface area contributed by atoms with Crippen LogP contribution in [0.15, 0.2) is 5.11 Å². The quantitative estimate of drug-likeness (QED) is 0.165. The molecular weight excluding hydrogens is 350 g/mol. The third-order valence-electron chi connectivity index (χ3n) is 3.81. The van der Waals surface area contributed by atoms with E-state index in [4.69, 9.17) is 24.5 Å². The first kappa shape index (κ1) is 22.7. The van der Waals surface area contributed by atoms with Gasteiger partial charge in [0.05, 0.1) is 45.7 Å². The van der Waals surface area contributed by atoms with Crippen LogP contribution in [-0.4, -0.2) is 91.9 Å². The van der Waals surface area contributed by atoms with Crippen LogP contribution in [0, 0.1) is 5.92 Å². The zero-order chi connectivity index (χ0) is 19.4. The predicted octanol–water partition coefficient (Wildman–Crippen LogP) is -0.619. The van der Waals surface area contributed by atoms with Crippen molar-refractivity contribution in [2.45, 2.75) is 37.9 Å². The summed E-state index contributed by atoms with van der Waals surface area (Å²) in [4.78, 5) is 14.0. The van der Waals surface area contributed by atoms with Gasteiger partial charge < -0.3 is 39.1 Å². The summed E-state index contributed by atoms with van der Waals surface area (Å²) in [5.74, 6) is -0.899. The number of azide groups is 1. The predicted molar refractivity (Wildman–Crippen MR) is 88.2 cm³/mol. The first-order chi connectivity index (χ1) is 12.5. The van der Waals surface area contributed by atoms with Gasteiger partial charge in [-0.25, -0.2) is 0 Å². The van der Waals surface area contributed by atoms with E-state index in [0.717, 1.165) is 0 Å². The van der Waals surface area contributed by atoms with Crippen LogP contribution in [0.1, 0.15) is 13.3 Å². The molecule has 0 aromatic carbocycles. The van der Waals surface area contributed by atoms with Gasteiger partial charge >= 0.3 is 0 Å². The van der Waals surface area contributed by atoms with Crippen LogP contribution in [0.3, 0.4) is 0 Å². The number of ether oxygens (including phenoxy) is 4. The van der Waals surface area contributed by atoms with Gasteiger partial charge in [-0.3, -0.25) is 0 Å². The van der Waals surface area contributed by atoms with Gasteiger partial charge in [0.2, 0.25) is 0 Å². The number of hydrogen-bond donors (Lipinski definition) is 3. The van der Waals surface area contributed by atoms with E-state index in [2.05, 4.69) is 10.0 Å². The van der Waals surface area contributed by atoms with Crippen LogP contribution in [0.2, 0.25) is 0 Å². The normalized spacial score (nSPS) is 28.5. The first-order valence-electron chi connectivity index (χ1n) is 8.41. The summed E-state index contributed by atoms with van der Waals surface area (Å²) in [6, 6.07) is 0. The molecule has 5 atom stereocenters. The van der Waals surface area contributed by atoms with Crippen LogP contribution in [-0.2, 0) is 23.7 Å². The number of nitrogens with zero attached hydrogens (tertiary/aromatic N) is 3. The highest BCUT2D eigenvalue weighted by atomic mass is 16.7. The molecule has 1 aliphatic heterocycles. The molecule has 0 aromatic heterocycles. The SMILES string of the molecule is CC(=O)CC1C(OCCOCCOCCN=[N+]=[N-])OC(CO)C(O)C1O. The van der Waals surface area contributed by atoms with Gasteiger partial charge in [-0.05, 0) is 12.5 Å². The van der Waals surface area contributed by atoms with Crippen molar-refractivity contribution in [1.29, 1.82) is 0 Å². The molecule has 0 aliphatic carbocycles. The van der Waals surface area contributed by atoms with E-state index in [0.29, 0.717) is 19.8 Å². The molecule has 11 heteroatoms. The Morgan fingerprint density at radius 1 is 1.15 bits per heavy atom. The molecule has 1 saturated heterocycles. The molecule has 0 bridgehead atoms. The minimum Gasteiger partial charge on any atom is -0.394 e. The van der Waals surface area contributed by atoms with Gasteiger partial charge in [-0.15, -0.1) is 0 Å². The molecule has 11 nitrogen and oxygen atoms in total.